The monoisotopic (exact) mass is 945 g/mol. The van der Waals surface area contributed by atoms with Crippen LogP contribution < -0.4 is 26.4 Å². The van der Waals surface area contributed by atoms with Gasteiger partial charge in [-0.1, -0.05) is 11.3 Å². The minimum absolute atomic E-state index is 0.407. The molecule has 28 heteroatoms. The highest BCUT2D eigenvalue weighted by Gasteiger charge is 2.52. The number of thiazole rings is 1. The number of aromatic nitrogens is 1. The van der Waals surface area contributed by atoms with Gasteiger partial charge in [-0.05, 0) is 0 Å². The minimum Gasteiger partial charge on any atom is -0.207 e. The van der Waals surface area contributed by atoms with Crippen molar-refractivity contribution in [2.45, 2.75) is 6.54 Å². The van der Waals surface area contributed by atoms with Gasteiger partial charge in [-0.2, -0.15) is 4.57 Å². The Morgan fingerprint density at radius 2 is 0.484 bits per heavy atom. The van der Waals surface area contributed by atoms with Crippen LogP contribution in [0.2, 0.25) is 0 Å². The normalized spacial score (nSPS) is 11.7. The van der Waals surface area contributed by atoms with Crippen molar-refractivity contribution in [1.82, 2.24) is 0 Å². The summed E-state index contributed by atoms with van der Waals surface area (Å²) in [5, 5.41) is 1.62. The number of halogens is 25. The number of hydrogen-bond acceptors (Lipinski definition) is 1. The van der Waals surface area contributed by atoms with E-state index in [1.165, 1.54) is 27.6 Å². The smallest absolute Gasteiger partial charge is 0.207 e. The number of benzene rings is 5. The molecule has 330 valence electrons. The Bertz CT molecular complexity index is 2420. The molecule has 0 saturated heterocycles. The zero-order valence-corrected chi connectivity index (χ0v) is 29.1. The van der Waals surface area contributed by atoms with Gasteiger partial charge in [-0.25, -0.2) is 110 Å². The molecule has 6 aromatic rings. The minimum atomic E-state index is -7.22. The zero-order valence-electron chi connectivity index (χ0n) is 28.3. The van der Waals surface area contributed by atoms with Gasteiger partial charge >= 0.3 is 0 Å². The second kappa shape index (κ2) is 16.7. The average molecular weight is 945 g/mol. The van der Waals surface area contributed by atoms with Crippen LogP contribution in [-0.2, 0) is 6.54 Å². The average Bonchev–Trinajstić information content (AvgIpc) is 3.77. The molecular formula is C34H5BF25NS. The summed E-state index contributed by atoms with van der Waals surface area (Å²) in [6.07, 6.45) is -5.74. The molecule has 0 aliphatic carbocycles. The van der Waals surface area contributed by atoms with E-state index in [1.54, 1.807) is 5.38 Å². The van der Waals surface area contributed by atoms with Gasteiger partial charge in [0.05, 0.1) is 10.9 Å². The summed E-state index contributed by atoms with van der Waals surface area (Å²) in [5.41, 5.74) is -13.7. The molecule has 0 saturated carbocycles. The fourth-order valence-corrected chi connectivity index (χ4v) is 6.80. The van der Waals surface area contributed by atoms with E-state index in [0.717, 1.165) is 0 Å². The van der Waals surface area contributed by atoms with Gasteiger partial charge in [0, 0.05) is 0 Å². The van der Waals surface area contributed by atoms with Crippen molar-refractivity contribution in [3.63, 3.8) is 0 Å². The lowest BCUT2D eigenvalue weighted by molar-refractivity contribution is -0.684. The number of rotatable bonds is 6. The Morgan fingerprint density at radius 1 is 0.290 bits per heavy atom. The molecule has 62 heavy (non-hydrogen) atoms. The first-order valence-corrected chi connectivity index (χ1v) is 16.3. The molecule has 0 fully saturated rings. The van der Waals surface area contributed by atoms with Crippen molar-refractivity contribution in [3.05, 3.63) is 168 Å². The molecule has 1 aromatic heterocycles. The van der Waals surface area contributed by atoms with E-state index in [-0.39, 0.29) is 0 Å². The summed E-state index contributed by atoms with van der Waals surface area (Å²) in [6, 6.07) is 0. The van der Waals surface area contributed by atoms with Crippen LogP contribution >= 0.6 is 11.3 Å². The van der Waals surface area contributed by atoms with E-state index in [1.807, 2.05) is 0 Å². The van der Waals surface area contributed by atoms with Crippen molar-refractivity contribution in [1.29, 1.82) is 0 Å². The summed E-state index contributed by atoms with van der Waals surface area (Å²) in [5.74, 6) is -81.0. The molecule has 6 rings (SSSR count). The van der Waals surface area contributed by atoms with E-state index in [2.05, 4.69) is 0 Å². The molecule has 0 unspecified atom stereocenters. The second-order valence-corrected chi connectivity index (χ2v) is 12.8. The first-order chi connectivity index (χ1) is 28.7. The van der Waals surface area contributed by atoms with Crippen LogP contribution in [0.4, 0.5) is 110 Å². The third-order valence-electron chi connectivity index (χ3n) is 8.88. The van der Waals surface area contributed by atoms with Crippen LogP contribution in [0.15, 0.2) is 17.1 Å². The maximum absolute atomic E-state index is 15.4. The van der Waals surface area contributed by atoms with E-state index in [4.69, 9.17) is 0 Å². The Labute approximate surface area is 328 Å². The second-order valence-electron chi connectivity index (χ2n) is 12.0. The highest BCUT2D eigenvalue weighted by Crippen LogP contribution is 2.31. The molecule has 0 bridgehead atoms. The van der Waals surface area contributed by atoms with Crippen molar-refractivity contribution in [3.8, 4) is 0 Å². The standard InChI is InChI=1S/C24BF20.C10H5F5NS/c26-5-1(6(27)14(35)21(42)13(5)34)25(2-7(28)15(36)22(43)16(37)8(2)29,3-9(30)17(38)23(44)18(39)10(3)31)4-11(32)19(40)24(45)20(41)12(4)33;11-6-5(3-16-1-2-17-4-16)7(12)9(14)10(15)8(6)13/h;1-2,4H,3H2/q-1;+1. The van der Waals surface area contributed by atoms with Gasteiger partial charge in [0.25, 0.3) is 0 Å². The van der Waals surface area contributed by atoms with E-state index in [0.29, 0.717) is 0 Å². The largest absolute Gasteiger partial charge is 0.225 e. The van der Waals surface area contributed by atoms with Crippen LogP contribution in [0.25, 0.3) is 0 Å². The van der Waals surface area contributed by atoms with Gasteiger partial charge in [-0.3, -0.25) is 0 Å². The zero-order chi connectivity index (χ0) is 46.9. The Kier molecular flexibility index (Phi) is 12.7. The van der Waals surface area contributed by atoms with Crippen LogP contribution in [0.5, 0.6) is 0 Å². The Hall–Kier alpha value is -5.96. The molecule has 0 spiro atoms. The Morgan fingerprint density at radius 3 is 0.677 bits per heavy atom. The molecule has 0 N–H and O–H groups in total. The fraction of sp³-hybridized carbons (Fsp3) is 0.0294. The summed E-state index contributed by atoms with van der Waals surface area (Å²) < 4.78 is 360. The summed E-state index contributed by atoms with van der Waals surface area (Å²) in [7, 11) is 0. The highest BCUT2D eigenvalue weighted by molar-refractivity contribution is 7.20. The van der Waals surface area contributed by atoms with Crippen molar-refractivity contribution >= 4 is 39.3 Å². The first-order valence-electron chi connectivity index (χ1n) is 15.4. The van der Waals surface area contributed by atoms with Gasteiger partial charge in [0.1, 0.15) is 52.7 Å². The van der Waals surface area contributed by atoms with E-state index in [9.17, 15) is 74.6 Å². The molecule has 1 nitrogen and oxygen atoms in total. The van der Waals surface area contributed by atoms with E-state index < -0.39 is 186 Å². The molecule has 0 aliphatic rings. The summed E-state index contributed by atoms with van der Waals surface area (Å²) in [6.45, 7) is -0.407. The van der Waals surface area contributed by atoms with Crippen molar-refractivity contribution in [2.75, 3.05) is 0 Å². The van der Waals surface area contributed by atoms with Gasteiger partial charge < -0.3 is 0 Å². The van der Waals surface area contributed by atoms with Crippen molar-refractivity contribution in [2.24, 2.45) is 0 Å². The maximum atomic E-state index is 15.4. The predicted octanol–water partition coefficient (Wildman–Crippen LogP) is 8.63. The molecule has 5 aromatic carbocycles. The molecule has 0 aliphatic heterocycles. The Balaban J connectivity index is 0.000000355. The first kappa shape index (κ1) is 47.1. The fourth-order valence-electron chi connectivity index (χ4n) is 6.20. The van der Waals surface area contributed by atoms with Crippen LogP contribution in [0, 0.1) is 145 Å². The molecular weight excluding hydrogens is 940 g/mol. The van der Waals surface area contributed by atoms with Crippen LogP contribution in [-0.4, -0.2) is 6.15 Å². The number of nitrogens with zero attached hydrogens (tertiary/aromatic N) is 1. The third kappa shape index (κ3) is 6.85. The van der Waals surface area contributed by atoms with Crippen LogP contribution in [0.3, 0.4) is 0 Å². The van der Waals surface area contributed by atoms with Gasteiger partial charge in [0.2, 0.25) is 11.3 Å². The molecule has 0 atom stereocenters. The lowest BCUT2D eigenvalue weighted by Crippen LogP contribution is -2.81. The quantitative estimate of drug-likeness (QED) is 0.0519. The summed E-state index contributed by atoms with van der Waals surface area (Å²) in [4.78, 5) is 0. The number of hydrogen-bond donors (Lipinski definition) is 0. The lowest BCUT2D eigenvalue weighted by atomic mass is 9.12. The maximum Gasteiger partial charge on any atom is 0.225 e. The molecule has 0 radical (unpaired) electrons. The molecule has 0 amide bonds. The third-order valence-corrected chi connectivity index (χ3v) is 9.55. The van der Waals surface area contributed by atoms with Crippen LogP contribution in [0.1, 0.15) is 5.56 Å². The highest BCUT2D eigenvalue weighted by atomic mass is 32.1. The topological polar surface area (TPSA) is 3.88 Å². The summed E-state index contributed by atoms with van der Waals surface area (Å²) >= 11 is 1.24. The molecule has 1 heterocycles. The predicted molar refractivity (Wildman–Crippen MR) is 159 cm³/mol. The van der Waals surface area contributed by atoms with Gasteiger partial charge in [-0.15, -0.1) is 21.9 Å². The SMILES string of the molecule is Fc1c(F)c(F)c(C[n+]2ccsc2)c(F)c1F.Fc1c(F)c(F)c([B-](c2c(F)c(F)c(F)c(F)c2F)(c2c(F)c(F)c(F)c(F)c2F)c2c(F)c(F)c(F)c(F)c2F)c(F)c1F. The van der Waals surface area contributed by atoms with Crippen molar-refractivity contribution < 1.29 is 114 Å². The lowest BCUT2D eigenvalue weighted by Gasteiger charge is -2.44. The van der Waals surface area contributed by atoms with Gasteiger partial charge in [0.15, 0.2) is 106 Å². The van der Waals surface area contributed by atoms with E-state index >= 15 is 35.1 Å².